The highest BCUT2D eigenvalue weighted by atomic mass is 32.1. The third-order valence-corrected chi connectivity index (χ3v) is 6.31. The quantitative estimate of drug-likeness (QED) is 0.181. The van der Waals surface area contributed by atoms with E-state index in [2.05, 4.69) is 48.7 Å². The van der Waals surface area contributed by atoms with Gasteiger partial charge in [-0.2, -0.15) is 0 Å². The lowest BCUT2D eigenvalue weighted by Gasteiger charge is -2.16. The van der Waals surface area contributed by atoms with Gasteiger partial charge in [0.15, 0.2) is 6.61 Å². The first-order valence-corrected chi connectivity index (χ1v) is 12.2. The van der Waals surface area contributed by atoms with Crippen molar-refractivity contribution in [3.05, 3.63) is 83.7 Å². The predicted molar refractivity (Wildman–Crippen MR) is 133 cm³/mol. The van der Waals surface area contributed by atoms with Gasteiger partial charge in [-0.3, -0.25) is 0 Å². The molecule has 2 aromatic carbocycles. The average molecular weight is 461 g/mol. The van der Waals surface area contributed by atoms with E-state index in [1.807, 2.05) is 36.4 Å². The maximum absolute atomic E-state index is 11.9. The van der Waals surface area contributed by atoms with E-state index in [0.717, 1.165) is 18.6 Å². The van der Waals surface area contributed by atoms with Crippen LogP contribution in [-0.2, 0) is 16.0 Å². The Bertz CT molecular complexity index is 1120. The molecule has 0 fully saturated rings. The summed E-state index contributed by atoms with van der Waals surface area (Å²) in [5.41, 5.74) is 5.02. The lowest BCUT2D eigenvalue weighted by atomic mass is 10.0. The van der Waals surface area contributed by atoms with Crippen molar-refractivity contribution in [3.63, 3.8) is 0 Å². The third-order valence-electron chi connectivity index (χ3n) is 5.31. The summed E-state index contributed by atoms with van der Waals surface area (Å²) in [6, 6.07) is 24.1. The molecule has 0 aromatic heterocycles. The van der Waals surface area contributed by atoms with Gasteiger partial charge in [0, 0.05) is 22.2 Å². The molecule has 1 heterocycles. The van der Waals surface area contributed by atoms with Crippen LogP contribution in [0.2, 0.25) is 0 Å². The predicted octanol–water partition coefficient (Wildman–Crippen LogP) is 6.86. The van der Waals surface area contributed by atoms with Crippen molar-refractivity contribution < 1.29 is 19.0 Å². The topological polar surface area (TPSA) is 44.8 Å². The molecule has 33 heavy (non-hydrogen) atoms. The number of para-hydroxylation sites is 1. The summed E-state index contributed by atoms with van der Waals surface area (Å²) in [5.74, 6) is 1.21. The minimum absolute atomic E-state index is 0.0927. The fourth-order valence-corrected chi connectivity index (χ4v) is 4.81. The standard InChI is InChI=1S/C28H28O4S/c1-2-10-24-25-16-15-23(21-11-5-3-6-12-21)28(25)33-20-26(24)30-17-9-18-31-27(29)19-32-22-13-7-4-8-14-22/h3-8,11-16,20H,2,9-10,17-19H2,1H3. The van der Waals surface area contributed by atoms with Crippen LogP contribution in [0.25, 0.3) is 21.6 Å². The van der Waals surface area contributed by atoms with Crippen LogP contribution < -0.4 is 9.47 Å². The van der Waals surface area contributed by atoms with Crippen LogP contribution in [0.4, 0.5) is 0 Å². The fourth-order valence-electron chi connectivity index (χ4n) is 3.75. The van der Waals surface area contributed by atoms with Gasteiger partial charge in [0.1, 0.15) is 11.5 Å². The van der Waals surface area contributed by atoms with Crippen LogP contribution in [0, 0.1) is 0 Å². The number of carbonyl (C=O) groups is 1. The second kappa shape index (κ2) is 11.5. The van der Waals surface area contributed by atoms with Gasteiger partial charge in [-0.25, -0.2) is 4.79 Å². The van der Waals surface area contributed by atoms with E-state index in [0.29, 0.717) is 25.4 Å². The molecule has 0 N–H and O–H groups in total. The summed E-state index contributed by atoms with van der Waals surface area (Å²) >= 11 is 1.72. The monoisotopic (exact) mass is 460 g/mol. The maximum atomic E-state index is 11.9. The zero-order chi connectivity index (χ0) is 22.9. The van der Waals surface area contributed by atoms with Crippen molar-refractivity contribution in [1.82, 2.24) is 0 Å². The molecule has 0 radical (unpaired) electrons. The summed E-state index contributed by atoms with van der Waals surface area (Å²) in [6.45, 7) is 2.89. The Balaban J connectivity index is 1.31. The Hall–Kier alpha value is -3.31. The van der Waals surface area contributed by atoms with E-state index in [4.69, 9.17) is 14.2 Å². The summed E-state index contributed by atoms with van der Waals surface area (Å²) in [4.78, 5) is 13.2. The summed E-state index contributed by atoms with van der Waals surface area (Å²) < 4.78 is 16.8. The van der Waals surface area contributed by atoms with Crippen molar-refractivity contribution in [2.24, 2.45) is 0 Å². The van der Waals surface area contributed by atoms with Crippen LogP contribution in [0.3, 0.4) is 0 Å². The van der Waals surface area contributed by atoms with Crippen LogP contribution in [0.1, 0.15) is 25.3 Å². The number of rotatable bonds is 11. The molecule has 5 heteroatoms. The summed E-state index contributed by atoms with van der Waals surface area (Å²) in [7, 11) is 0. The molecule has 2 aromatic rings. The van der Waals surface area contributed by atoms with Gasteiger partial charge in [0.25, 0.3) is 0 Å². The molecule has 0 atom stereocenters. The third kappa shape index (κ3) is 5.93. The van der Waals surface area contributed by atoms with E-state index >= 15 is 0 Å². The van der Waals surface area contributed by atoms with Crippen molar-refractivity contribution >= 4 is 17.3 Å². The lowest BCUT2D eigenvalue weighted by molar-refractivity contribution is -0.146. The number of esters is 1. The molecule has 0 saturated heterocycles. The first-order valence-electron chi connectivity index (χ1n) is 11.3. The Morgan fingerprint density at radius 3 is 2.33 bits per heavy atom. The molecule has 0 bridgehead atoms. The Morgan fingerprint density at radius 2 is 1.58 bits per heavy atom. The Labute approximate surface area is 199 Å². The number of benzene rings is 2. The van der Waals surface area contributed by atoms with Crippen molar-refractivity contribution in [2.45, 2.75) is 26.2 Å². The highest BCUT2D eigenvalue weighted by molar-refractivity contribution is 7.14. The smallest absolute Gasteiger partial charge is 0.344 e. The molecule has 4 nitrogen and oxygen atoms in total. The maximum Gasteiger partial charge on any atom is 0.344 e. The minimum atomic E-state index is -0.376. The lowest BCUT2D eigenvalue weighted by Crippen LogP contribution is -2.16. The molecule has 170 valence electrons. The average Bonchev–Trinajstić information content (AvgIpc) is 3.29. The molecule has 0 unspecified atom stereocenters. The van der Waals surface area contributed by atoms with E-state index in [-0.39, 0.29) is 12.6 Å². The Kier molecular flexibility index (Phi) is 7.99. The highest BCUT2D eigenvalue weighted by Gasteiger charge is 2.19. The summed E-state index contributed by atoms with van der Waals surface area (Å²) in [6.07, 6.45) is 2.64. The number of ether oxygens (including phenoxy) is 3. The minimum Gasteiger partial charge on any atom is -0.492 e. The molecule has 1 aliphatic heterocycles. The zero-order valence-electron chi connectivity index (χ0n) is 18.8. The molecule has 0 amide bonds. The normalized spacial score (nSPS) is 10.8. The van der Waals surface area contributed by atoms with Gasteiger partial charge in [0.05, 0.1) is 13.2 Å². The van der Waals surface area contributed by atoms with Gasteiger partial charge in [0.2, 0.25) is 0 Å². The second-order valence-electron chi connectivity index (χ2n) is 7.71. The van der Waals surface area contributed by atoms with E-state index in [1.54, 1.807) is 11.3 Å². The first kappa shape index (κ1) is 22.9. The van der Waals surface area contributed by atoms with Crippen LogP contribution in [0.15, 0.2) is 78.2 Å². The first-order chi connectivity index (χ1) is 16.3. The van der Waals surface area contributed by atoms with Gasteiger partial charge in [-0.05, 0) is 35.2 Å². The van der Waals surface area contributed by atoms with Crippen LogP contribution in [-0.4, -0.2) is 25.8 Å². The number of hydrogen-bond acceptors (Lipinski definition) is 5. The van der Waals surface area contributed by atoms with Crippen molar-refractivity contribution in [2.75, 3.05) is 19.8 Å². The second-order valence-corrected chi connectivity index (χ2v) is 8.59. The molecule has 1 aliphatic carbocycles. The number of carbonyl (C=O) groups excluding carboxylic acids is 1. The largest absolute Gasteiger partial charge is 0.492 e. The number of hydrogen-bond donors (Lipinski definition) is 0. The molecule has 4 rings (SSSR count). The SMILES string of the molecule is CCCc1c(OCCCOC(=O)COc2ccccc2)csc2c(-c3ccccc3)ccc1-2. The van der Waals surface area contributed by atoms with Gasteiger partial charge in [-0.15, -0.1) is 11.3 Å². The van der Waals surface area contributed by atoms with Gasteiger partial charge < -0.3 is 14.2 Å². The zero-order valence-corrected chi connectivity index (χ0v) is 19.6. The Morgan fingerprint density at radius 1 is 0.848 bits per heavy atom. The van der Waals surface area contributed by atoms with E-state index < -0.39 is 0 Å². The van der Waals surface area contributed by atoms with Crippen LogP contribution >= 0.6 is 11.3 Å². The fraction of sp³-hybridized carbons (Fsp3) is 0.250. The summed E-state index contributed by atoms with van der Waals surface area (Å²) in [5, 5.41) is 2.11. The van der Waals surface area contributed by atoms with E-state index in [1.165, 1.54) is 27.1 Å². The molecule has 2 aliphatic rings. The van der Waals surface area contributed by atoms with Crippen LogP contribution in [0.5, 0.6) is 11.5 Å². The molecule has 0 spiro atoms. The number of fused-ring (bicyclic) bond motifs is 1. The highest BCUT2D eigenvalue weighted by Crippen LogP contribution is 2.44. The van der Waals surface area contributed by atoms with Gasteiger partial charge in [-0.1, -0.05) is 74.0 Å². The van der Waals surface area contributed by atoms with E-state index in [9.17, 15) is 4.79 Å². The molecular weight excluding hydrogens is 432 g/mol. The van der Waals surface area contributed by atoms with Crippen molar-refractivity contribution in [3.8, 4) is 33.1 Å². The molecule has 0 saturated carbocycles. The van der Waals surface area contributed by atoms with Crippen molar-refractivity contribution in [1.29, 1.82) is 0 Å². The molecular formula is C28H28O4S. The van der Waals surface area contributed by atoms with Gasteiger partial charge >= 0.3 is 5.97 Å².